The van der Waals surface area contributed by atoms with Gasteiger partial charge in [0.2, 0.25) is 0 Å². The van der Waals surface area contributed by atoms with E-state index in [0.717, 1.165) is 12.0 Å². The SMILES string of the molecule is CCc1ccc([C@@H](C)NC(=O)COC(=O)c2cnc(Cl)c(Cl)c2)cc1. The predicted octanol–water partition coefficient (Wildman–Crippen LogP) is 3.99. The maximum absolute atomic E-state index is 12.0. The van der Waals surface area contributed by atoms with Crippen LogP contribution in [0.5, 0.6) is 0 Å². The minimum Gasteiger partial charge on any atom is -0.452 e. The molecule has 2 rings (SSSR count). The number of halogens is 2. The number of ether oxygens (including phenoxy) is 1. The van der Waals surface area contributed by atoms with Crippen molar-refractivity contribution in [3.05, 3.63) is 63.4 Å². The number of nitrogens with zero attached hydrogens (tertiary/aromatic N) is 1. The molecule has 1 aromatic carbocycles. The maximum atomic E-state index is 12.0. The smallest absolute Gasteiger partial charge is 0.340 e. The zero-order chi connectivity index (χ0) is 18.4. The minimum atomic E-state index is -0.693. The van der Waals surface area contributed by atoms with Crippen molar-refractivity contribution in [1.29, 1.82) is 0 Å². The van der Waals surface area contributed by atoms with Gasteiger partial charge in [-0.1, -0.05) is 54.4 Å². The second-order valence-corrected chi connectivity index (χ2v) is 6.22. The number of rotatable bonds is 6. The summed E-state index contributed by atoms with van der Waals surface area (Å²) in [5, 5.41) is 3.02. The van der Waals surface area contributed by atoms with E-state index in [1.54, 1.807) is 0 Å². The van der Waals surface area contributed by atoms with Gasteiger partial charge in [-0.25, -0.2) is 9.78 Å². The van der Waals surface area contributed by atoms with E-state index in [1.807, 2.05) is 31.2 Å². The summed E-state index contributed by atoms with van der Waals surface area (Å²) in [7, 11) is 0. The third-order valence-corrected chi connectivity index (χ3v) is 4.32. The van der Waals surface area contributed by atoms with E-state index in [2.05, 4.69) is 17.2 Å². The van der Waals surface area contributed by atoms with Crippen molar-refractivity contribution in [2.45, 2.75) is 26.3 Å². The standard InChI is InChI=1S/C18H18Cl2N2O3/c1-3-12-4-6-13(7-5-12)11(2)22-16(23)10-25-18(24)14-8-15(19)17(20)21-9-14/h4-9,11H,3,10H2,1-2H3,(H,22,23)/t11-/m1/s1. The molecule has 1 amide bonds. The van der Waals surface area contributed by atoms with Gasteiger partial charge < -0.3 is 10.1 Å². The largest absolute Gasteiger partial charge is 0.452 e. The number of aromatic nitrogens is 1. The van der Waals surface area contributed by atoms with Crippen LogP contribution in [0, 0.1) is 0 Å². The lowest BCUT2D eigenvalue weighted by Gasteiger charge is -2.15. The number of pyridine rings is 1. The van der Waals surface area contributed by atoms with E-state index in [1.165, 1.54) is 17.8 Å². The van der Waals surface area contributed by atoms with Crippen molar-refractivity contribution < 1.29 is 14.3 Å². The van der Waals surface area contributed by atoms with E-state index in [4.69, 9.17) is 27.9 Å². The molecular formula is C18H18Cl2N2O3. The Labute approximate surface area is 156 Å². The molecule has 7 heteroatoms. The fourth-order valence-electron chi connectivity index (χ4n) is 2.16. The molecule has 0 bridgehead atoms. The van der Waals surface area contributed by atoms with E-state index in [9.17, 15) is 9.59 Å². The third-order valence-electron chi connectivity index (χ3n) is 3.63. The molecular weight excluding hydrogens is 363 g/mol. The Morgan fingerprint density at radius 3 is 2.52 bits per heavy atom. The topological polar surface area (TPSA) is 68.3 Å². The molecule has 1 heterocycles. The van der Waals surface area contributed by atoms with Crippen molar-refractivity contribution in [2.24, 2.45) is 0 Å². The molecule has 0 aliphatic heterocycles. The Balaban J connectivity index is 1.86. The van der Waals surface area contributed by atoms with Crippen LogP contribution in [0.2, 0.25) is 10.2 Å². The fraction of sp³-hybridized carbons (Fsp3) is 0.278. The molecule has 0 unspecified atom stereocenters. The van der Waals surface area contributed by atoms with Gasteiger partial charge in [0, 0.05) is 6.20 Å². The second-order valence-electron chi connectivity index (χ2n) is 5.46. The van der Waals surface area contributed by atoms with Gasteiger partial charge in [0.25, 0.3) is 5.91 Å². The molecule has 0 spiro atoms. The quantitative estimate of drug-likeness (QED) is 0.607. The molecule has 1 N–H and O–H groups in total. The van der Waals surface area contributed by atoms with Crippen LogP contribution in [0.25, 0.3) is 0 Å². The summed E-state index contributed by atoms with van der Waals surface area (Å²) in [5.41, 5.74) is 2.34. The highest BCUT2D eigenvalue weighted by Crippen LogP contribution is 2.20. The Morgan fingerprint density at radius 1 is 1.24 bits per heavy atom. The molecule has 0 aliphatic carbocycles. The van der Waals surface area contributed by atoms with E-state index < -0.39 is 18.5 Å². The summed E-state index contributed by atoms with van der Waals surface area (Å²) in [5.74, 6) is -1.09. The fourth-order valence-corrected chi connectivity index (χ4v) is 2.43. The summed E-state index contributed by atoms with van der Waals surface area (Å²) >= 11 is 11.5. The lowest BCUT2D eigenvalue weighted by atomic mass is 10.1. The highest BCUT2D eigenvalue weighted by Gasteiger charge is 2.14. The number of hydrogen-bond donors (Lipinski definition) is 1. The van der Waals surface area contributed by atoms with Crippen molar-refractivity contribution in [2.75, 3.05) is 6.61 Å². The number of carbonyl (C=O) groups is 2. The van der Waals surface area contributed by atoms with Crippen LogP contribution < -0.4 is 5.32 Å². The number of nitrogens with one attached hydrogen (secondary N) is 1. The van der Waals surface area contributed by atoms with Gasteiger partial charge in [-0.05, 0) is 30.5 Å². The van der Waals surface area contributed by atoms with Crippen molar-refractivity contribution >= 4 is 35.1 Å². The van der Waals surface area contributed by atoms with Gasteiger partial charge in [0.05, 0.1) is 16.6 Å². The second kappa shape index (κ2) is 8.83. The van der Waals surface area contributed by atoms with E-state index >= 15 is 0 Å². The van der Waals surface area contributed by atoms with E-state index in [-0.39, 0.29) is 21.8 Å². The van der Waals surface area contributed by atoms with Gasteiger partial charge in [-0.3, -0.25) is 4.79 Å². The average molecular weight is 381 g/mol. The summed E-state index contributed by atoms with van der Waals surface area (Å²) in [6, 6.07) is 9.14. The number of benzene rings is 1. The molecule has 5 nitrogen and oxygen atoms in total. The Morgan fingerprint density at radius 2 is 1.92 bits per heavy atom. The molecule has 0 saturated carbocycles. The molecule has 0 saturated heterocycles. The van der Waals surface area contributed by atoms with Gasteiger partial charge in [-0.15, -0.1) is 0 Å². The van der Waals surface area contributed by atoms with Crippen LogP contribution >= 0.6 is 23.2 Å². The zero-order valence-corrected chi connectivity index (χ0v) is 15.4. The molecule has 25 heavy (non-hydrogen) atoms. The lowest BCUT2D eigenvalue weighted by molar-refractivity contribution is -0.124. The monoisotopic (exact) mass is 380 g/mol. The van der Waals surface area contributed by atoms with Crippen LogP contribution in [0.4, 0.5) is 0 Å². The van der Waals surface area contributed by atoms with Crippen LogP contribution in [0.15, 0.2) is 36.5 Å². The Kier molecular flexibility index (Phi) is 6.79. The Hall–Kier alpha value is -2.11. The number of hydrogen-bond acceptors (Lipinski definition) is 4. The van der Waals surface area contributed by atoms with Crippen molar-refractivity contribution in [3.8, 4) is 0 Å². The highest BCUT2D eigenvalue weighted by molar-refractivity contribution is 6.41. The van der Waals surface area contributed by atoms with Gasteiger partial charge >= 0.3 is 5.97 Å². The minimum absolute atomic E-state index is 0.0962. The van der Waals surface area contributed by atoms with Crippen molar-refractivity contribution in [3.63, 3.8) is 0 Å². The first-order valence-corrected chi connectivity index (χ1v) is 8.52. The number of carbonyl (C=O) groups excluding carboxylic acids is 2. The Bertz CT molecular complexity index is 763. The predicted molar refractivity (Wildman–Crippen MR) is 96.9 cm³/mol. The molecule has 1 atom stereocenters. The average Bonchev–Trinajstić information content (AvgIpc) is 2.62. The first-order valence-electron chi connectivity index (χ1n) is 7.77. The number of amides is 1. The highest BCUT2D eigenvalue weighted by atomic mass is 35.5. The molecule has 0 fully saturated rings. The normalized spacial score (nSPS) is 11.7. The van der Waals surface area contributed by atoms with Gasteiger partial charge in [-0.2, -0.15) is 0 Å². The van der Waals surface area contributed by atoms with Crippen LogP contribution in [-0.2, 0) is 16.0 Å². The molecule has 2 aromatic rings. The summed E-state index contributed by atoms with van der Waals surface area (Å²) in [6.07, 6.45) is 2.20. The van der Waals surface area contributed by atoms with Crippen molar-refractivity contribution in [1.82, 2.24) is 10.3 Å². The molecule has 132 valence electrons. The molecule has 0 radical (unpaired) electrons. The van der Waals surface area contributed by atoms with Crippen LogP contribution in [0.3, 0.4) is 0 Å². The molecule has 0 aliphatic rings. The summed E-state index contributed by atoms with van der Waals surface area (Å²) in [4.78, 5) is 27.6. The molecule has 1 aromatic heterocycles. The maximum Gasteiger partial charge on any atom is 0.340 e. The van der Waals surface area contributed by atoms with Gasteiger partial charge in [0.15, 0.2) is 6.61 Å². The summed E-state index contributed by atoms with van der Waals surface area (Å²) < 4.78 is 4.97. The number of aryl methyl sites for hydroxylation is 1. The lowest BCUT2D eigenvalue weighted by Crippen LogP contribution is -2.31. The zero-order valence-electron chi connectivity index (χ0n) is 13.9. The third kappa shape index (κ3) is 5.44. The van der Waals surface area contributed by atoms with E-state index in [0.29, 0.717) is 0 Å². The summed E-state index contributed by atoms with van der Waals surface area (Å²) in [6.45, 7) is 3.55. The first kappa shape index (κ1) is 19.2. The van der Waals surface area contributed by atoms with Crippen LogP contribution in [0.1, 0.15) is 41.4 Å². The first-order chi connectivity index (χ1) is 11.9. The van der Waals surface area contributed by atoms with Gasteiger partial charge in [0.1, 0.15) is 5.15 Å². The van der Waals surface area contributed by atoms with Crippen LogP contribution in [-0.4, -0.2) is 23.5 Å². The number of esters is 1.